The zero-order chi connectivity index (χ0) is 22.2. The Labute approximate surface area is 163 Å². The average Bonchev–Trinajstić information content (AvgIpc) is 2.55. The monoisotopic (exact) mass is 402 g/mol. The molecule has 0 aliphatic heterocycles. The van der Waals surface area contributed by atoms with Gasteiger partial charge in [0, 0.05) is 0 Å². The Kier molecular flexibility index (Phi) is 10.1. The Morgan fingerprint density at radius 2 is 1.21 bits per heavy atom. The minimum atomic E-state index is -1.32. The Morgan fingerprint density at radius 1 is 0.750 bits per heavy atom. The van der Waals surface area contributed by atoms with Crippen LogP contribution >= 0.6 is 0 Å². The zero-order valence-electron chi connectivity index (χ0n) is 16.7. The van der Waals surface area contributed by atoms with Gasteiger partial charge >= 0.3 is 11.9 Å². The third-order valence-corrected chi connectivity index (χ3v) is 3.96. The molecule has 3 amide bonds. The van der Waals surface area contributed by atoms with E-state index in [1.165, 1.54) is 6.92 Å². The predicted molar refractivity (Wildman–Crippen MR) is 99.0 cm³/mol. The van der Waals surface area contributed by atoms with E-state index in [0.717, 1.165) is 0 Å². The molecule has 11 heteroatoms. The van der Waals surface area contributed by atoms with Gasteiger partial charge in [-0.1, -0.05) is 27.7 Å². The van der Waals surface area contributed by atoms with E-state index < -0.39 is 60.2 Å². The van der Waals surface area contributed by atoms with Gasteiger partial charge in [-0.25, -0.2) is 4.79 Å². The zero-order valence-corrected chi connectivity index (χ0v) is 16.7. The molecule has 4 unspecified atom stereocenters. The first-order valence-corrected chi connectivity index (χ1v) is 8.89. The molecule has 0 radical (unpaired) electrons. The third-order valence-electron chi connectivity index (χ3n) is 3.96. The van der Waals surface area contributed by atoms with Crippen molar-refractivity contribution in [1.82, 2.24) is 16.0 Å². The van der Waals surface area contributed by atoms with E-state index >= 15 is 0 Å². The molecular formula is C17H30N4O7. The number of aliphatic carboxylic acids is 2. The number of carbonyl (C=O) groups excluding carboxylic acids is 3. The molecule has 0 fully saturated rings. The highest BCUT2D eigenvalue weighted by molar-refractivity contribution is 5.94. The summed E-state index contributed by atoms with van der Waals surface area (Å²) in [6.45, 7) is 7.97. The summed E-state index contributed by atoms with van der Waals surface area (Å²) in [5, 5.41) is 25.0. The smallest absolute Gasteiger partial charge is 0.326 e. The van der Waals surface area contributed by atoms with Crippen molar-refractivity contribution in [3.8, 4) is 0 Å². The minimum Gasteiger partial charge on any atom is -0.481 e. The van der Waals surface area contributed by atoms with Crippen molar-refractivity contribution in [2.75, 3.05) is 0 Å². The Balaban J connectivity index is 5.01. The summed E-state index contributed by atoms with van der Waals surface area (Å²) < 4.78 is 0. The van der Waals surface area contributed by atoms with Crippen LogP contribution in [0.15, 0.2) is 0 Å². The maximum Gasteiger partial charge on any atom is 0.326 e. The maximum absolute atomic E-state index is 12.5. The second-order valence-corrected chi connectivity index (χ2v) is 7.23. The average molecular weight is 402 g/mol. The van der Waals surface area contributed by atoms with E-state index in [1.807, 2.05) is 0 Å². The molecule has 0 aromatic rings. The Hall–Kier alpha value is -2.69. The summed E-state index contributed by atoms with van der Waals surface area (Å²) in [6.07, 6.45) is -0.594. The highest BCUT2D eigenvalue weighted by atomic mass is 16.4. The lowest BCUT2D eigenvalue weighted by Gasteiger charge is -2.26. The predicted octanol–water partition coefficient (Wildman–Crippen LogP) is -1.34. The molecule has 0 aromatic carbocycles. The maximum atomic E-state index is 12.5. The van der Waals surface area contributed by atoms with Gasteiger partial charge in [-0.3, -0.25) is 19.2 Å². The number of nitrogens with two attached hydrogens (primary N) is 1. The van der Waals surface area contributed by atoms with E-state index in [9.17, 15) is 29.1 Å². The molecule has 0 saturated carbocycles. The molecule has 11 nitrogen and oxygen atoms in total. The van der Waals surface area contributed by atoms with Crippen molar-refractivity contribution in [3.63, 3.8) is 0 Å². The van der Waals surface area contributed by atoms with Gasteiger partial charge in [-0.15, -0.1) is 0 Å². The van der Waals surface area contributed by atoms with Crippen LogP contribution in [0.5, 0.6) is 0 Å². The van der Waals surface area contributed by atoms with Crippen molar-refractivity contribution in [2.45, 2.75) is 65.2 Å². The standard InChI is InChI=1S/C17H30N4O7/c1-7(2)12(16(26)21-13(8(3)4)17(27)28)20-14(24)9(5)19-15(25)10(18)6-11(22)23/h7-10,12-13H,6,18H2,1-5H3,(H,19,25)(H,20,24)(H,21,26)(H,22,23)(H,27,28). The summed E-state index contributed by atoms with van der Waals surface area (Å²) in [5.74, 6) is -5.34. The van der Waals surface area contributed by atoms with Crippen LogP contribution in [0.2, 0.25) is 0 Å². The normalized spacial score (nSPS) is 15.3. The molecule has 28 heavy (non-hydrogen) atoms. The van der Waals surface area contributed by atoms with Crippen LogP contribution in [0.4, 0.5) is 0 Å². The number of hydrogen-bond acceptors (Lipinski definition) is 6. The second kappa shape index (κ2) is 11.2. The van der Waals surface area contributed by atoms with E-state index in [2.05, 4.69) is 16.0 Å². The molecule has 160 valence electrons. The van der Waals surface area contributed by atoms with Crippen LogP contribution in [0.3, 0.4) is 0 Å². The van der Waals surface area contributed by atoms with E-state index in [1.54, 1.807) is 27.7 Å². The largest absolute Gasteiger partial charge is 0.481 e. The molecule has 0 spiro atoms. The van der Waals surface area contributed by atoms with Crippen LogP contribution in [-0.4, -0.2) is 64.0 Å². The molecule has 4 atom stereocenters. The first-order valence-electron chi connectivity index (χ1n) is 8.89. The van der Waals surface area contributed by atoms with Gasteiger partial charge in [0.15, 0.2) is 0 Å². The Morgan fingerprint density at radius 3 is 1.61 bits per heavy atom. The molecule has 0 aliphatic rings. The molecule has 7 N–H and O–H groups in total. The van der Waals surface area contributed by atoms with Crippen molar-refractivity contribution in [2.24, 2.45) is 17.6 Å². The van der Waals surface area contributed by atoms with Crippen LogP contribution in [0.25, 0.3) is 0 Å². The molecule has 0 bridgehead atoms. The highest BCUT2D eigenvalue weighted by Crippen LogP contribution is 2.07. The number of amides is 3. The van der Waals surface area contributed by atoms with Gasteiger partial charge in [0.05, 0.1) is 12.5 Å². The lowest BCUT2D eigenvalue weighted by Crippen LogP contribution is -2.58. The van der Waals surface area contributed by atoms with E-state index in [4.69, 9.17) is 10.8 Å². The fourth-order valence-corrected chi connectivity index (χ4v) is 2.24. The van der Waals surface area contributed by atoms with Crippen molar-refractivity contribution < 1.29 is 34.2 Å². The fourth-order valence-electron chi connectivity index (χ4n) is 2.24. The van der Waals surface area contributed by atoms with E-state index in [0.29, 0.717) is 0 Å². The van der Waals surface area contributed by atoms with Gasteiger partial charge in [0.25, 0.3) is 0 Å². The quantitative estimate of drug-likeness (QED) is 0.245. The van der Waals surface area contributed by atoms with Crippen LogP contribution in [0.1, 0.15) is 41.0 Å². The van der Waals surface area contributed by atoms with Gasteiger partial charge in [0.1, 0.15) is 18.1 Å². The number of carboxylic acids is 2. The SMILES string of the molecule is CC(NC(=O)C(N)CC(=O)O)C(=O)NC(C(=O)NC(C(=O)O)C(C)C)C(C)C. The number of carbonyl (C=O) groups is 5. The summed E-state index contributed by atoms with van der Waals surface area (Å²) >= 11 is 0. The number of nitrogens with one attached hydrogen (secondary N) is 3. The number of rotatable bonds is 11. The topological polar surface area (TPSA) is 188 Å². The molecule has 0 aromatic heterocycles. The molecule has 0 heterocycles. The van der Waals surface area contributed by atoms with Gasteiger partial charge < -0.3 is 31.9 Å². The van der Waals surface area contributed by atoms with Crippen LogP contribution in [0, 0.1) is 11.8 Å². The number of carboxylic acid groups (broad SMARTS) is 2. The number of hydrogen-bond donors (Lipinski definition) is 6. The molecule has 0 rings (SSSR count). The molecule has 0 saturated heterocycles. The van der Waals surface area contributed by atoms with Gasteiger partial charge in [-0.2, -0.15) is 0 Å². The van der Waals surface area contributed by atoms with Gasteiger partial charge in [0.2, 0.25) is 17.7 Å². The van der Waals surface area contributed by atoms with Crippen molar-refractivity contribution >= 4 is 29.7 Å². The lowest BCUT2D eigenvalue weighted by atomic mass is 10.00. The van der Waals surface area contributed by atoms with Crippen LogP contribution in [-0.2, 0) is 24.0 Å². The van der Waals surface area contributed by atoms with Crippen molar-refractivity contribution in [3.05, 3.63) is 0 Å². The van der Waals surface area contributed by atoms with Gasteiger partial charge in [-0.05, 0) is 18.8 Å². The van der Waals surface area contributed by atoms with Crippen LogP contribution < -0.4 is 21.7 Å². The first kappa shape index (κ1) is 25.3. The van der Waals surface area contributed by atoms with E-state index in [-0.39, 0.29) is 11.8 Å². The Bertz CT molecular complexity index is 606. The summed E-state index contributed by atoms with van der Waals surface area (Å²) in [5.41, 5.74) is 5.43. The summed E-state index contributed by atoms with van der Waals surface area (Å²) in [7, 11) is 0. The third kappa shape index (κ3) is 8.33. The highest BCUT2D eigenvalue weighted by Gasteiger charge is 2.31. The summed E-state index contributed by atoms with van der Waals surface area (Å²) in [6, 6.07) is -4.54. The first-order chi connectivity index (χ1) is 12.8. The second-order valence-electron chi connectivity index (χ2n) is 7.23. The van der Waals surface area contributed by atoms with Crippen molar-refractivity contribution in [1.29, 1.82) is 0 Å². The fraction of sp³-hybridized carbons (Fsp3) is 0.706. The summed E-state index contributed by atoms with van der Waals surface area (Å²) in [4.78, 5) is 58.4. The lowest BCUT2D eigenvalue weighted by molar-refractivity contribution is -0.143. The molecule has 0 aliphatic carbocycles. The minimum absolute atomic E-state index is 0.359. The molecular weight excluding hydrogens is 372 g/mol.